The monoisotopic (exact) mass is 422 g/mol. The first-order valence-electron chi connectivity index (χ1n) is 11.6. The molecule has 1 saturated heterocycles. The molecule has 1 saturated carbocycles. The van der Waals surface area contributed by atoms with Crippen molar-refractivity contribution in [2.24, 2.45) is 10.8 Å². The Balaban J connectivity index is 1.34. The molecule has 31 heavy (non-hydrogen) atoms. The lowest BCUT2D eigenvalue weighted by atomic mass is 9.65. The Morgan fingerprint density at radius 3 is 2.71 bits per heavy atom. The number of hydrogen-bond donors (Lipinski definition) is 1. The van der Waals surface area contributed by atoms with Crippen molar-refractivity contribution in [1.29, 1.82) is 0 Å². The summed E-state index contributed by atoms with van der Waals surface area (Å²) in [5.74, 6) is 0.126. The third-order valence-electron chi connectivity index (χ3n) is 7.63. The van der Waals surface area contributed by atoms with E-state index in [1.807, 2.05) is 0 Å². The molecule has 0 spiro atoms. The van der Waals surface area contributed by atoms with Crippen molar-refractivity contribution in [2.45, 2.75) is 72.1 Å². The Hall–Kier alpha value is -2.11. The summed E-state index contributed by atoms with van der Waals surface area (Å²) in [7, 11) is 0. The van der Waals surface area contributed by atoms with Crippen LogP contribution in [0.3, 0.4) is 0 Å². The second kappa shape index (κ2) is 7.49. The number of fused-ring (bicyclic) bond motifs is 3. The molecule has 0 radical (unpaired) electrons. The van der Waals surface area contributed by atoms with Crippen molar-refractivity contribution in [3.05, 3.63) is 63.2 Å². The lowest BCUT2D eigenvalue weighted by Crippen LogP contribution is -2.35. The van der Waals surface area contributed by atoms with Gasteiger partial charge in [0.25, 0.3) is 0 Å². The van der Waals surface area contributed by atoms with Crippen LogP contribution in [0.2, 0.25) is 0 Å². The zero-order chi connectivity index (χ0) is 21.8. The summed E-state index contributed by atoms with van der Waals surface area (Å²) in [6.45, 7) is 10.9. The van der Waals surface area contributed by atoms with E-state index in [9.17, 15) is 9.90 Å². The first-order valence-corrected chi connectivity index (χ1v) is 11.6. The molecule has 1 aromatic heterocycles. The fourth-order valence-electron chi connectivity index (χ4n) is 6.69. The maximum atomic E-state index is 12.6. The van der Waals surface area contributed by atoms with Crippen LogP contribution in [0.4, 0.5) is 0 Å². The second-order valence-electron chi connectivity index (χ2n) is 11.2. The van der Waals surface area contributed by atoms with E-state index in [2.05, 4.69) is 54.8 Å². The molecule has 2 atom stereocenters. The summed E-state index contributed by atoms with van der Waals surface area (Å²) >= 11 is 0. The molecule has 5 nitrogen and oxygen atoms in total. The van der Waals surface area contributed by atoms with E-state index in [-0.39, 0.29) is 5.75 Å². The largest absolute Gasteiger partial charge is 0.507 e. The van der Waals surface area contributed by atoms with Gasteiger partial charge in [0.05, 0.1) is 5.56 Å². The molecule has 2 bridgehead atoms. The van der Waals surface area contributed by atoms with Crippen LogP contribution in [-0.4, -0.2) is 34.0 Å². The molecule has 3 heterocycles. The van der Waals surface area contributed by atoms with E-state index in [1.165, 1.54) is 30.2 Å². The topological polar surface area (TPSA) is 56.9 Å². The van der Waals surface area contributed by atoms with Gasteiger partial charge in [-0.2, -0.15) is 0 Å². The lowest BCUT2D eigenvalue weighted by Gasteiger charge is -2.39. The zero-order valence-electron chi connectivity index (χ0n) is 19.0. The quantitative estimate of drug-likeness (QED) is 0.796. The van der Waals surface area contributed by atoms with E-state index in [0.29, 0.717) is 41.1 Å². The van der Waals surface area contributed by atoms with E-state index in [0.717, 1.165) is 32.5 Å². The number of benzene rings is 1. The van der Waals surface area contributed by atoms with Gasteiger partial charge in [0, 0.05) is 44.3 Å². The molecule has 1 aliphatic carbocycles. The molecule has 0 amide bonds. The van der Waals surface area contributed by atoms with Crippen LogP contribution in [0.25, 0.3) is 0 Å². The van der Waals surface area contributed by atoms with Gasteiger partial charge in [-0.15, -0.1) is 0 Å². The summed E-state index contributed by atoms with van der Waals surface area (Å²) < 4.78 is 5.40. The Labute approximate surface area is 184 Å². The summed E-state index contributed by atoms with van der Waals surface area (Å²) in [5, 5.41) is 11.0. The van der Waals surface area contributed by atoms with Crippen molar-refractivity contribution in [2.75, 3.05) is 13.1 Å². The van der Waals surface area contributed by atoms with Crippen molar-refractivity contribution < 1.29 is 9.52 Å². The van der Waals surface area contributed by atoms with Crippen LogP contribution in [0, 0.1) is 10.8 Å². The highest BCUT2D eigenvalue weighted by Crippen LogP contribution is 2.52. The number of likely N-dealkylation sites (tertiary alicyclic amines) is 1. The van der Waals surface area contributed by atoms with Crippen LogP contribution in [0.15, 0.2) is 39.7 Å². The second-order valence-corrected chi connectivity index (χ2v) is 11.2. The normalized spacial score (nSPS) is 27.9. The first kappa shape index (κ1) is 20.8. The molecule has 2 aromatic rings. The van der Waals surface area contributed by atoms with Gasteiger partial charge in [0.1, 0.15) is 12.0 Å². The average Bonchev–Trinajstić information content (AvgIpc) is 2.95. The van der Waals surface area contributed by atoms with E-state index in [1.54, 1.807) is 0 Å². The SMILES string of the molecule is CC1(C)C[C@@H]2C[C@](C)(CN2Cc2c(O)c(CN3CCc4ccccc4C3)coc2=O)C1. The van der Waals surface area contributed by atoms with E-state index >= 15 is 0 Å². The predicted molar refractivity (Wildman–Crippen MR) is 121 cm³/mol. The molecule has 5 rings (SSSR count). The number of aromatic hydroxyl groups is 1. The van der Waals surface area contributed by atoms with Gasteiger partial charge < -0.3 is 9.52 Å². The summed E-state index contributed by atoms with van der Waals surface area (Å²) in [5.41, 5.74) is 4.08. The highest BCUT2D eigenvalue weighted by atomic mass is 16.4. The van der Waals surface area contributed by atoms with Gasteiger partial charge in [-0.1, -0.05) is 45.0 Å². The molecular formula is C26H34N2O3. The van der Waals surface area contributed by atoms with Gasteiger partial charge in [-0.05, 0) is 47.6 Å². The van der Waals surface area contributed by atoms with Gasteiger partial charge in [-0.3, -0.25) is 9.80 Å². The Morgan fingerprint density at radius 2 is 1.90 bits per heavy atom. The fourth-order valence-corrected chi connectivity index (χ4v) is 6.69. The first-order chi connectivity index (χ1) is 14.7. The minimum atomic E-state index is -0.406. The average molecular weight is 423 g/mol. The molecule has 2 fully saturated rings. The standard InChI is InChI=1S/C26H34N2O3/c1-25(2)10-21-11-26(3,16-25)17-28(21)14-22-23(29)20(15-31-24(22)30)13-27-9-8-18-6-4-5-7-19(18)12-27/h4-7,15,21,29H,8-14,16-17H2,1-3H3/t21-,26+/m1/s1. The van der Waals surface area contributed by atoms with E-state index < -0.39 is 5.63 Å². The number of rotatable bonds is 4. The van der Waals surface area contributed by atoms with Gasteiger partial charge >= 0.3 is 5.63 Å². The molecule has 0 unspecified atom stereocenters. The minimum Gasteiger partial charge on any atom is -0.507 e. The Bertz CT molecular complexity index is 1040. The third-order valence-corrected chi connectivity index (χ3v) is 7.63. The minimum absolute atomic E-state index is 0.126. The summed E-state index contributed by atoms with van der Waals surface area (Å²) in [4.78, 5) is 17.3. The van der Waals surface area contributed by atoms with Crippen molar-refractivity contribution >= 4 is 0 Å². The maximum Gasteiger partial charge on any atom is 0.343 e. The molecule has 1 aromatic carbocycles. The van der Waals surface area contributed by atoms with Gasteiger partial charge in [0.15, 0.2) is 0 Å². The highest BCUT2D eigenvalue weighted by Gasteiger charge is 2.49. The number of nitrogens with zero attached hydrogens (tertiary/aromatic N) is 2. The molecule has 5 heteroatoms. The van der Waals surface area contributed by atoms with Gasteiger partial charge in [-0.25, -0.2) is 4.79 Å². The molecule has 3 aliphatic rings. The van der Waals surface area contributed by atoms with Gasteiger partial charge in [0.2, 0.25) is 0 Å². The number of hydrogen-bond acceptors (Lipinski definition) is 5. The summed E-state index contributed by atoms with van der Waals surface area (Å²) in [6.07, 6.45) is 5.99. The smallest absolute Gasteiger partial charge is 0.343 e. The molecule has 166 valence electrons. The van der Waals surface area contributed by atoms with E-state index in [4.69, 9.17) is 4.42 Å². The van der Waals surface area contributed by atoms with Crippen LogP contribution in [0.1, 0.15) is 62.3 Å². The zero-order valence-corrected chi connectivity index (χ0v) is 19.0. The van der Waals surface area contributed by atoms with Crippen molar-refractivity contribution in [3.63, 3.8) is 0 Å². The lowest BCUT2D eigenvalue weighted by molar-refractivity contribution is 0.126. The fraction of sp³-hybridized carbons (Fsp3) is 0.577. The predicted octanol–water partition coefficient (Wildman–Crippen LogP) is 4.30. The van der Waals surface area contributed by atoms with Crippen molar-refractivity contribution in [3.8, 4) is 5.75 Å². The van der Waals surface area contributed by atoms with Crippen LogP contribution < -0.4 is 5.63 Å². The van der Waals surface area contributed by atoms with Crippen LogP contribution in [-0.2, 0) is 26.1 Å². The molecule has 2 aliphatic heterocycles. The third kappa shape index (κ3) is 4.06. The Kier molecular flexibility index (Phi) is 5.02. The maximum absolute atomic E-state index is 12.6. The molecule has 1 N–H and O–H groups in total. The van der Waals surface area contributed by atoms with Crippen LogP contribution >= 0.6 is 0 Å². The van der Waals surface area contributed by atoms with Crippen molar-refractivity contribution in [1.82, 2.24) is 9.80 Å². The van der Waals surface area contributed by atoms with Crippen LogP contribution in [0.5, 0.6) is 5.75 Å². The molecular weight excluding hydrogens is 388 g/mol. The Morgan fingerprint density at radius 1 is 1.13 bits per heavy atom. The highest BCUT2D eigenvalue weighted by molar-refractivity contribution is 5.37. The summed E-state index contributed by atoms with van der Waals surface area (Å²) in [6, 6.07) is 9.00.